The predicted octanol–water partition coefficient (Wildman–Crippen LogP) is 1.99. The Labute approximate surface area is 135 Å². The van der Waals surface area contributed by atoms with E-state index < -0.39 is 6.29 Å². The van der Waals surface area contributed by atoms with Gasteiger partial charge in [0.1, 0.15) is 9.88 Å². The second kappa shape index (κ2) is 6.07. The Balaban J connectivity index is 1.41. The fraction of sp³-hybridized carbons (Fsp3) is 0.267. The molecule has 1 aromatic carbocycles. The Morgan fingerprint density at radius 3 is 3.09 bits per heavy atom. The van der Waals surface area contributed by atoms with Crippen molar-refractivity contribution < 1.29 is 14.3 Å². The number of carbonyl (C=O) groups is 1. The number of carbonyl (C=O) groups excluding carboxylic acids is 1. The number of amides is 1. The maximum atomic E-state index is 12.2. The molecule has 0 unspecified atom stereocenters. The third-order valence-electron chi connectivity index (χ3n) is 3.51. The molecule has 4 rings (SSSR count). The molecule has 1 aliphatic heterocycles. The molecule has 2 N–H and O–H groups in total. The number of nitrogens with zero attached hydrogens (tertiary/aromatic N) is 2. The number of nitrogens with one attached hydrogen (secondary N) is 2. The van der Waals surface area contributed by atoms with Crippen LogP contribution < -0.4 is 5.32 Å². The minimum atomic E-state index is -0.440. The number of rotatable bonds is 4. The molecular weight excluding hydrogens is 316 g/mol. The number of H-pyrrole nitrogens is 1. The first kappa shape index (κ1) is 14.3. The van der Waals surface area contributed by atoms with E-state index in [4.69, 9.17) is 9.47 Å². The van der Waals surface area contributed by atoms with E-state index in [0.29, 0.717) is 29.6 Å². The van der Waals surface area contributed by atoms with E-state index in [2.05, 4.69) is 20.3 Å². The summed E-state index contributed by atoms with van der Waals surface area (Å²) in [4.78, 5) is 24.2. The number of hydrogen-bond donors (Lipinski definition) is 2. The average molecular weight is 330 g/mol. The van der Waals surface area contributed by atoms with E-state index in [1.807, 2.05) is 18.2 Å². The molecule has 1 saturated heterocycles. The van der Waals surface area contributed by atoms with Crippen LogP contribution in [-0.2, 0) is 16.0 Å². The van der Waals surface area contributed by atoms with Crippen molar-refractivity contribution in [3.63, 3.8) is 0 Å². The van der Waals surface area contributed by atoms with Gasteiger partial charge in [0.15, 0.2) is 0 Å². The maximum absolute atomic E-state index is 12.2. The first-order valence-electron chi connectivity index (χ1n) is 7.19. The SMILES string of the molecule is O=C(NCc1ccc2nc[nH]c2c1)c1cnc(C2OCCO2)s1. The summed E-state index contributed by atoms with van der Waals surface area (Å²) in [6.07, 6.45) is 2.77. The molecule has 0 atom stereocenters. The van der Waals surface area contributed by atoms with Crippen LogP contribution in [0.15, 0.2) is 30.7 Å². The molecule has 0 bridgehead atoms. The van der Waals surface area contributed by atoms with Gasteiger partial charge in [-0.25, -0.2) is 9.97 Å². The summed E-state index contributed by atoms with van der Waals surface area (Å²) in [7, 11) is 0. The van der Waals surface area contributed by atoms with Crippen LogP contribution >= 0.6 is 11.3 Å². The van der Waals surface area contributed by atoms with Crippen molar-refractivity contribution in [2.75, 3.05) is 13.2 Å². The predicted molar refractivity (Wildman–Crippen MR) is 84.0 cm³/mol. The second-order valence-electron chi connectivity index (χ2n) is 5.07. The van der Waals surface area contributed by atoms with Gasteiger partial charge in [-0.05, 0) is 17.7 Å². The summed E-state index contributed by atoms with van der Waals surface area (Å²) in [5.41, 5.74) is 2.86. The lowest BCUT2D eigenvalue weighted by atomic mass is 10.2. The van der Waals surface area contributed by atoms with Gasteiger partial charge in [0.2, 0.25) is 6.29 Å². The molecule has 0 saturated carbocycles. The van der Waals surface area contributed by atoms with Gasteiger partial charge in [0.25, 0.3) is 5.91 Å². The fourth-order valence-electron chi connectivity index (χ4n) is 2.36. The van der Waals surface area contributed by atoms with Crippen LogP contribution in [-0.4, -0.2) is 34.1 Å². The normalized spacial score (nSPS) is 15.3. The van der Waals surface area contributed by atoms with Crippen molar-refractivity contribution in [1.29, 1.82) is 0 Å². The quantitative estimate of drug-likeness (QED) is 0.764. The molecule has 3 aromatic rings. The fourth-order valence-corrected chi connectivity index (χ4v) is 3.20. The van der Waals surface area contributed by atoms with E-state index >= 15 is 0 Å². The van der Waals surface area contributed by atoms with Gasteiger partial charge < -0.3 is 19.8 Å². The van der Waals surface area contributed by atoms with Crippen molar-refractivity contribution in [3.8, 4) is 0 Å². The second-order valence-corrected chi connectivity index (χ2v) is 6.14. The third kappa shape index (κ3) is 2.96. The minimum Gasteiger partial charge on any atom is -0.347 e. The van der Waals surface area contributed by atoms with Crippen LogP contribution in [0.5, 0.6) is 0 Å². The number of ether oxygens (including phenoxy) is 2. The summed E-state index contributed by atoms with van der Waals surface area (Å²) < 4.78 is 10.8. The molecule has 118 valence electrons. The molecule has 1 amide bonds. The highest BCUT2D eigenvalue weighted by Crippen LogP contribution is 2.27. The number of fused-ring (bicyclic) bond motifs is 1. The zero-order valence-electron chi connectivity index (χ0n) is 12.1. The lowest BCUT2D eigenvalue weighted by molar-refractivity contribution is -0.0442. The number of hydrogen-bond acceptors (Lipinski definition) is 6. The van der Waals surface area contributed by atoms with Crippen molar-refractivity contribution >= 4 is 28.3 Å². The Morgan fingerprint density at radius 2 is 2.22 bits per heavy atom. The Morgan fingerprint density at radius 1 is 1.35 bits per heavy atom. The van der Waals surface area contributed by atoms with Gasteiger partial charge in [-0.1, -0.05) is 6.07 Å². The summed E-state index contributed by atoms with van der Waals surface area (Å²) in [6.45, 7) is 1.56. The van der Waals surface area contributed by atoms with Gasteiger partial charge >= 0.3 is 0 Å². The van der Waals surface area contributed by atoms with Crippen LogP contribution in [0.2, 0.25) is 0 Å². The zero-order valence-corrected chi connectivity index (χ0v) is 12.9. The highest BCUT2D eigenvalue weighted by molar-refractivity contribution is 7.13. The van der Waals surface area contributed by atoms with Crippen LogP contribution in [0.1, 0.15) is 26.5 Å². The van der Waals surface area contributed by atoms with E-state index in [-0.39, 0.29) is 5.91 Å². The van der Waals surface area contributed by atoms with Crippen molar-refractivity contribution in [2.45, 2.75) is 12.8 Å². The van der Waals surface area contributed by atoms with Gasteiger partial charge in [-0.3, -0.25) is 4.79 Å². The van der Waals surface area contributed by atoms with Crippen LogP contribution in [0.3, 0.4) is 0 Å². The molecule has 7 nitrogen and oxygen atoms in total. The summed E-state index contributed by atoms with van der Waals surface area (Å²) in [5.74, 6) is -0.156. The molecule has 2 aromatic heterocycles. The van der Waals surface area contributed by atoms with E-state index in [1.165, 1.54) is 11.3 Å². The first-order valence-corrected chi connectivity index (χ1v) is 8.00. The zero-order chi connectivity index (χ0) is 15.6. The molecule has 3 heterocycles. The van der Waals surface area contributed by atoms with E-state index in [1.54, 1.807) is 12.5 Å². The monoisotopic (exact) mass is 330 g/mol. The largest absolute Gasteiger partial charge is 0.347 e. The number of imidazole rings is 1. The number of benzene rings is 1. The van der Waals surface area contributed by atoms with Crippen LogP contribution in [0.25, 0.3) is 11.0 Å². The number of thiazole rings is 1. The summed E-state index contributed by atoms with van der Waals surface area (Å²) in [6, 6.07) is 5.84. The third-order valence-corrected chi connectivity index (χ3v) is 4.53. The molecule has 1 fully saturated rings. The molecule has 0 aliphatic carbocycles. The molecule has 1 aliphatic rings. The topological polar surface area (TPSA) is 89.1 Å². The van der Waals surface area contributed by atoms with Crippen molar-refractivity contribution in [3.05, 3.63) is 46.2 Å². The van der Waals surface area contributed by atoms with Crippen molar-refractivity contribution in [2.24, 2.45) is 0 Å². The number of aromatic amines is 1. The summed E-state index contributed by atoms with van der Waals surface area (Å²) in [5, 5.41) is 3.56. The molecule has 0 radical (unpaired) electrons. The highest BCUT2D eigenvalue weighted by atomic mass is 32.1. The lowest BCUT2D eigenvalue weighted by Crippen LogP contribution is -2.21. The van der Waals surface area contributed by atoms with E-state index in [9.17, 15) is 4.79 Å². The van der Waals surface area contributed by atoms with Gasteiger partial charge in [-0.2, -0.15) is 0 Å². The lowest BCUT2D eigenvalue weighted by Gasteiger charge is -2.04. The standard InChI is InChI=1S/C15H14N4O3S/c20-13(12-7-17-14(23-12)15-21-3-4-22-15)16-6-9-1-2-10-11(5-9)19-8-18-10/h1-2,5,7-8,15H,3-4,6H2,(H,16,20)(H,18,19). The average Bonchev–Trinajstić information content (AvgIpc) is 3.32. The Kier molecular flexibility index (Phi) is 3.78. The minimum absolute atomic E-state index is 0.156. The molecular formula is C15H14N4O3S. The smallest absolute Gasteiger partial charge is 0.263 e. The van der Waals surface area contributed by atoms with Crippen LogP contribution in [0.4, 0.5) is 0 Å². The molecule has 0 spiro atoms. The molecule has 23 heavy (non-hydrogen) atoms. The Hall–Kier alpha value is -2.29. The Bertz CT molecular complexity index is 838. The first-order chi connectivity index (χ1) is 11.3. The summed E-state index contributed by atoms with van der Waals surface area (Å²) >= 11 is 1.29. The number of aromatic nitrogens is 3. The van der Waals surface area contributed by atoms with Gasteiger partial charge in [-0.15, -0.1) is 11.3 Å². The van der Waals surface area contributed by atoms with Gasteiger partial charge in [0.05, 0.1) is 36.8 Å². The van der Waals surface area contributed by atoms with E-state index in [0.717, 1.165) is 16.6 Å². The van der Waals surface area contributed by atoms with Crippen LogP contribution in [0, 0.1) is 0 Å². The maximum Gasteiger partial charge on any atom is 0.263 e. The van der Waals surface area contributed by atoms with Crippen molar-refractivity contribution in [1.82, 2.24) is 20.3 Å². The molecule has 8 heteroatoms. The van der Waals surface area contributed by atoms with Gasteiger partial charge in [0, 0.05) is 6.54 Å². The highest BCUT2D eigenvalue weighted by Gasteiger charge is 2.23.